The minimum atomic E-state index is -0.799. The number of hydrogen-bond donors (Lipinski definition) is 2. The molecule has 2 N–H and O–H groups in total. The van der Waals surface area contributed by atoms with Gasteiger partial charge in [0.1, 0.15) is 0 Å². The Morgan fingerprint density at radius 2 is 1.94 bits per heavy atom. The smallest absolute Gasteiger partial charge is 0.157 e. The molecule has 0 bridgehead atoms. The van der Waals surface area contributed by atoms with Crippen LogP contribution in [0.5, 0.6) is 0 Å². The molecule has 2 aliphatic carbocycles. The summed E-state index contributed by atoms with van der Waals surface area (Å²) in [7, 11) is 0. The maximum absolute atomic E-state index is 10.1. The van der Waals surface area contributed by atoms with E-state index >= 15 is 0 Å². The minimum absolute atomic E-state index is 0.0234. The summed E-state index contributed by atoms with van der Waals surface area (Å²) in [6.07, 6.45) is 12.7. The molecular weight excluding hydrogens is 202 g/mol. The Kier molecular flexibility index (Phi) is 2.37. The lowest BCUT2D eigenvalue weighted by atomic mass is 9.70. The van der Waals surface area contributed by atoms with Gasteiger partial charge in [0.25, 0.3) is 0 Å². The highest BCUT2D eigenvalue weighted by Gasteiger charge is 2.44. The van der Waals surface area contributed by atoms with Crippen molar-refractivity contribution in [2.24, 2.45) is 17.8 Å². The molecule has 1 aliphatic heterocycles. The Labute approximate surface area is 95.3 Å². The van der Waals surface area contributed by atoms with Gasteiger partial charge in [-0.25, -0.2) is 5.06 Å². The third-order valence-electron chi connectivity index (χ3n) is 4.00. The van der Waals surface area contributed by atoms with E-state index in [4.69, 9.17) is 0 Å². The fraction of sp³-hybridized carbons (Fsp3) is 0.538. The summed E-state index contributed by atoms with van der Waals surface area (Å²) in [6.45, 7) is 0. The zero-order valence-corrected chi connectivity index (χ0v) is 9.16. The van der Waals surface area contributed by atoms with Gasteiger partial charge in [0.15, 0.2) is 6.23 Å². The fourth-order valence-corrected chi connectivity index (χ4v) is 3.20. The Bertz CT molecular complexity index is 372. The van der Waals surface area contributed by atoms with Gasteiger partial charge in [-0.3, -0.25) is 5.21 Å². The summed E-state index contributed by atoms with van der Waals surface area (Å²) in [5.74, 6) is 0.735. The molecule has 3 nitrogen and oxygen atoms in total. The van der Waals surface area contributed by atoms with Crippen molar-refractivity contribution in [1.82, 2.24) is 5.06 Å². The molecule has 86 valence electrons. The number of rotatable bonds is 0. The highest BCUT2D eigenvalue weighted by Crippen LogP contribution is 2.45. The first-order valence-electron chi connectivity index (χ1n) is 6.00. The van der Waals surface area contributed by atoms with Gasteiger partial charge in [0, 0.05) is 17.5 Å². The average Bonchev–Trinajstić information content (AvgIpc) is 2.36. The van der Waals surface area contributed by atoms with Crippen molar-refractivity contribution in [2.45, 2.75) is 25.5 Å². The van der Waals surface area contributed by atoms with Crippen molar-refractivity contribution < 1.29 is 10.3 Å². The lowest BCUT2D eigenvalue weighted by Crippen LogP contribution is -2.50. The summed E-state index contributed by atoms with van der Waals surface area (Å²) in [6, 6.07) is 0. The number of piperidine rings is 1. The van der Waals surface area contributed by atoms with Gasteiger partial charge in [-0.1, -0.05) is 30.4 Å². The predicted molar refractivity (Wildman–Crippen MR) is 60.3 cm³/mol. The molecule has 3 aliphatic rings. The van der Waals surface area contributed by atoms with E-state index in [1.807, 2.05) is 18.2 Å². The van der Waals surface area contributed by atoms with Crippen LogP contribution in [0.2, 0.25) is 0 Å². The molecule has 3 heteroatoms. The second kappa shape index (κ2) is 3.75. The van der Waals surface area contributed by atoms with E-state index in [-0.39, 0.29) is 5.92 Å². The molecule has 0 aromatic rings. The van der Waals surface area contributed by atoms with Gasteiger partial charge in [0.05, 0.1) is 0 Å². The third-order valence-corrected chi connectivity index (χ3v) is 4.00. The molecule has 4 atom stereocenters. The van der Waals surface area contributed by atoms with Crippen LogP contribution in [0.3, 0.4) is 0 Å². The van der Waals surface area contributed by atoms with Gasteiger partial charge in [-0.15, -0.1) is 0 Å². The van der Waals surface area contributed by atoms with Crippen molar-refractivity contribution in [3.63, 3.8) is 0 Å². The van der Waals surface area contributed by atoms with Crippen molar-refractivity contribution in [2.75, 3.05) is 0 Å². The quantitative estimate of drug-likeness (QED) is 0.655. The number of hydroxylamine groups is 2. The number of fused-ring (bicyclic) bond motifs is 3. The normalized spacial score (nSPS) is 41.4. The molecule has 1 fully saturated rings. The van der Waals surface area contributed by atoms with Crippen molar-refractivity contribution in [3.05, 3.63) is 36.1 Å². The van der Waals surface area contributed by atoms with E-state index in [0.717, 1.165) is 23.6 Å². The number of hydrogen-bond acceptors (Lipinski definition) is 3. The van der Waals surface area contributed by atoms with Gasteiger partial charge in [0.2, 0.25) is 0 Å². The van der Waals surface area contributed by atoms with Gasteiger partial charge >= 0.3 is 0 Å². The van der Waals surface area contributed by atoms with E-state index in [9.17, 15) is 10.3 Å². The number of nitrogens with zero attached hydrogens (tertiary/aromatic N) is 1. The van der Waals surface area contributed by atoms with Crippen LogP contribution in [-0.2, 0) is 0 Å². The third kappa shape index (κ3) is 1.35. The average molecular weight is 219 g/mol. The molecule has 0 radical (unpaired) electrons. The molecule has 4 unspecified atom stereocenters. The first kappa shape index (κ1) is 10.1. The van der Waals surface area contributed by atoms with Crippen molar-refractivity contribution >= 4 is 0 Å². The number of aliphatic hydroxyl groups excluding tert-OH is 1. The van der Waals surface area contributed by atoms with E-state index in [1.165, 1.54) is 6.42 Å². The maximum Gasteiger partial charge on any atom is 0.157 e. The number of allylic oxidation sites excluding steroid dienone is 5. The van der Waals surface area contributed by atoms with E-state index in [1.54, 1.807) is 0 Å². The van der Waals surface area contributed by atoms with Crippen LogP contribution in [0, 0.1) is 17.8 Å². The summed E-state index contributed by atoms with van der Waals surface area (Å²) in [5, 5.41) is 21.1. The Balaban J connectivity index is 1.99. The molecule has 0 aromatic carbocycles. The maximum atomic E-state index is 10.1. The summed E-state index contributed by atoms with van der Waals surface area (Å²) < 4.78 is 0. The number of aliphatic hydroxyl groups is 1. The van der Waals surface area contributed by atoms with Gasteiger partial charge in [-0.2, -0.15) is 0 Å². The van der Waals surface area contributed by atoms with Crippen LogP contribution in [0.4, 0.5) is 0 Å². The molecule has 0 saturated carbocycles. The Hall–Kier alpha value is -1.06. The van der Waals surface area contributed by atoms with Gasteiger partial charge < -0.3 is 5.11 Å². The Morgan fingerprint density at radius 1 is 1.19 bits per heavy atom. The molecule has 1 saturated heterocycles. The SMILES string of the molecule is OC1C2C=CC=CC2C2CCCC=C2N1O. The molecule has 3 rings (SSSR count). The van der Waals surface area contributed by atoms with Crippen LogP contribution in [0.1, 0.15) is 19.3 Å². The topological polar surface area (TPSA) is 43.7 Å². The van der Waals surface area contributed by atoms with Crippen LogP contribution >= 0.6 is 0 Å². The van der Waals surface area contributed by atoms with E-state index in [0.29, 0.717) is 11.8 Å². The highest BCUT2D eigenvalue weighted by atomic mass is 16.5. The molecular formula is C13H17NO2. The Morgan fingerprint density at radius 3 is 2.75 bits per heavy atom. The fourth-order valence-electron chi connectivity index (χ4n) is 3.20. The van der Waals surface area contributed by atoms with Crippen LogP contribution < -0.4 is 0 Å². The molecule has 0 amide bonds. The first-order valence-corrected chi connectivity index (χ1v) is 6.00. The van der Waals surface area contributed by atoms with Crippen LogP contribution in [0.25, 0.3) is 0 Å². The zero-order valence-electron chi connectivity index (χ0n) is 9.16. The molecule has 16 heavy (non-hydrogen) atoms. The van der Waals surface area contributed by atoms with E-state index in [2.05, 4.69) is 12.2 Å². The lowest BCUT2D eigenvalue weighted by Gasteiger charge is -2.47. The standard InChI is InChI=1S/C13H17NO2/c15-13-11-7-2-1-5-9(11)10-6-3-4-8-12(10)14(13)16/h1-2,5,7-11,13,15-16H,3-4,6H2. The van der Waals surface area contributed by atoms with Crippen molar-refractivity contribution in [3.8, 4) is 0 Å². The lowest BCUT2D eigenvalue weighted by molar-refractivity contribution is -0.215. The summed E-state index contributed by atoms with van der Waals surface area (Å²) >= 11 is 0. The van der Waals surface area contributed by atoms with Crippen LogP contribution in [-0.4, -0.2) is 21.6 Å². The monoisotopic (exact) mass is 219 g/mol. The van der Waals surface area contributed by atoms with Crippen molar-refractivity contribution in [1.29, 1.82) is 0 Å². The minimum Gasteiger partial charge on any atom is -0.371 e. The predicted octanol–water partition coefficient (Wildman–Crippen LogP) is 2.05. The highest BCUT2D eigenvalue weighted by molar-refractivity contribution is 5.24. The second-order valence-corrected chi connectivity index (χ2v) is 4.85. The summed E-state index contributed by atoms with van der Waals surface area (Å²) in [4.78, 5) is 0. The largest absolute Gasteiger partial charge is 0.371 e. The van der Waals surface area contributed by atoms with E-state index < -0.39 is 6.23 Å². The molecule has 0 aromatic heterocycles. The van der Waals surface area contributed by atoms with Crippen LogP contribution in [0.15, 0.2) is 36.1 Å². The molecule has 1 heterocycles. The van der Waals surface area contributed by atoms with Gasteiger partial charge in [-0.05, 0) is 25.2 Å². The first-order chi connectivity index (χ1) is 7.79. The second-order valence-electron chi connectivity index (χ2n) is 4.85. The molecule has 0 spiro atoms. The summed E-state index contributed by atoms with van der Waals surface area (Å²) in [5.41, 5.74) is 0.917. The zero-order chi connectivity index (χ0) is 11.1.